The van der Waals surface area contributed by atoms with Crippen molar-refractivity contribution in [2.24, 2.45) is 0 Å². The van der Waals surface area contributed by atoms with Gasteiger partial charge in [-0.3, -0.25) is 4.79 Å². The summed E-state index contributed by atoms with van der Waals surface area (Å²) in [5.74, 6) is 0.829. The summed E-state index contributed by atoms with van der Waals surface area (Å²) in [7, 11) is 0. The van der Waals surface area contributed by atoms with Crippen LogP contribution in [0.3, 0.4) is 0 Å². The van der Waals surface area contributed by atoms with Crippen LogP contribution in [0.25, 0.3) is 11.5 Å². The first-order valence-corrected chi connectivity index (χ1v) is 8.39. The number of rotatable bonds is 6. The number of carbonyl (C=O) groups is 1. The summed E-state index contributed by atoms with van der Waals surface area (Å²) in [6.07, 6.45) is 0.674. The molecule has 0 saturated heterocycles. The van der Waals surface area contributed by atoms with Crippen LogP contribution >= 0.6 is 11.6 Å². The Morgan fingerprint density at radius 1 is 1.16 bits per heavy atom. The van der Waals surface area contributed by atoms with Crippen LogP contribution in [0, 0.1) is 6.92 Å². The second-order valence-corrected chi connectivity index (χ2v) is 6.15. The molecule has 0 aliphatic carbocycles. The molecule has 25 heavy (non-hydrogen) atoms. The zero-order valence-electron chi connectivity index (χ0n) is 13.8. The van der Waals surface area contributed by atoms with Crippen LogP contribution in [-0.2, 0) is 17.8 Å². The average Bonchev–Trinajstić information content (AvgIpc) is 3.08. The van der Waals surface area contributed by atoms with Gasteiger partial charge in [0.2, 0.25) is 17.7 Å². The third-order valence-corrected chi connectivity index (χ3v) is 4.10. The Kier molecular flexibility index (Phi) is 5.46. The zero-order chi connectivity index (χ0) is 17.6. The normalized spacial score (nSPS) is 10.6. The molecular formula is C19H18ClN3O2. The van der Waals surface area contributed by atoms with Crippen molar-refractivity contribution < 1.29 is 9.21 Å². The number of hydrogen-bond acceptors (Lipinski definition) is 4. The number of nitrogens with one attached hydrogen (secondary N) is 1. The maximum Gasteiger partial charge on any atom is 0.247 e. The monoisotopic (exact) mass is 355 g/mol. The molecule has 1 heterocycles. The maximum atomic E-state index is 12.0. The molecular weight excluding hydrogens is 338 g/mol. The number of carbonyl (C=O) groups excluding carboxylic acids is 1. The van der Waals surface area contributed by atoms with Gasteiger partial charge in [-0.1, -0.05) is 47.5 Å². The minimum absolute atomic E-state index is 0.0878. The van der Waals surface area contributed by atoms with Gasteiger partial charge in [-0.2, -0.15) is 0 Å². The van der Waals surface area contributed by atoms with Crippen molar-refractivity contribution in [2.45, 2.75) is 26.3 Å². The molecule has 3 aromatic rings. The number of amides is 1. The molecule has 0 bridgehead atoms. The van der Waals surface area contributed by atoms with E-state index in [4.69, 9.17) is 16.0 Å². The third-order valence-electron chi connectivity index (χ3n) is 3.73. The van der Waals surface area contributed by atoms with Gasteiger partial charge in [-0.05, 0) is 30.7 Å². The molecule has 1 N–H and O–H groups in total. The van der Waals surface area contributed by atoms with Gasteiger partial charge in [0.25, 0.3) is 0 Å². The number of aryl methyl sites for hydroxylation is 2. The molecule has 0 atom stereocenters. The van der Waals surface area contributed by atoms with Crippen LogP contribution in [0.1, 0.15) is 23.4 Å². The second-order valence-electron chi connectivity index (χ2n) is 5.74. The number of benzene rings is 2. The fourth-order valence-electron chi connectivity index (χ4n) is 2.39. The Morgan fingerprint density at radius 2 is 2.00 bits per heavy atom. The molecule has 5 nitrogen and oxygen atoms in total. The van der Waals surface area contributed by atoms with Crippen molar-refractivity contribution >= 4 is 17.5 Å². The number of aromatic nitrogens is 2. The van der Waals surface area contributed by atoms with E-state index in [2.05, 4.69) is 15.5 Å². The molecule has 0 saturated carbocycles. The van der Waals surface area contributed by atoms with Crippen LogP contribution in [0.4, 0.5) is 0 Å². The molecule has 0 unspecified atom stereocenters. The molecule has 2 aromatic carbocycles. The Bertz CT molecular complexity index is 876. The zero-order valence-corrected chi connectivity index (χ0v) is 14.6. The van der Waals surface area contributed by atoms with E-state index in [0.29, 0.717) is 29.8 Å². The molecule has 128 valence electrons. The third kappa shape index (κ3) is 4.67. The van der Waals surface area contributed by atoms with Crippen molar-refractivity contribution in [1.82, 2.24) is 15.5 Å². The van der Waals surface area contributed by atoms with Crippen molar-refractivity contribution in [3.63, 3.8) is 0 Å². The quantitative estimate of drug-likeness (QED) is 0.727. The molecule has 3 rings (SSSR count). The Balaban J connectivity index is 1.52. The summed E-state index contributed by atoms with van der Waals surface area (Å²) in [4.78, 5) is 12.0. The topological polar surface area (TPSA) is 68.0 Å². The summed E-state index contributed by atoms with van der Waals surface area (Å²) in [6, 6.07) is 15.3. The minimum atomic E-state index is -0.0878. The number of hydrogen-bond donors (Lipinski definition) is 1. The van der Waals surface area contributed by atoms with Crippen LogP contribution < -0.4 is 5.32 Å². The van der Waals surface area contributed by atoms with Gasteiger partial charge >= 0.3 is 0 Å². The molecule has 6 heteroatoms. The molecule has 0 fully saturated rings. The molecule has 0 spiro atoms. The van der Waals surface area contributed by atoms with Gasteiger partial charge in [0.15, 0.2) is 0 Å². The van der Waals surface area contributed by atoms with E-state index in [-0.39, 0.29) is 12.3 Å². The van der Waals surface area contributed by atoms with E-state index in [0.717, 1.165) is 16.7 Å². The van der Waals surface area contributed by atoms with Gasteiger partial charge in [0.05, 0.1) is 0 Å². The Morgan fingerprint density at radius 3 is 2.80 bits per heavy atom. The fraction of sp³-hybridized carbons (Fsp3) is 0.211. The first-order chi connectivity index (χ1) is 12.1. The SMILES string of the molecule is Cc1cccc(-c2nnc(CCC(=O)NCc3ccccc3Cl)o2)c1. The van der Waals surface area contributed by atoms with E-state index in [1.165, 1.54) is 0 Å². The van der Waals surface area contributed by atoms with Gasteiger partial charge < -0.3 is 9.73 Å². The highest BCUT2D eigenvalue weighted by Gasteiger charge is 2.11. The highest BCUT2D eigenvalue weighted by atomic mass is 35.5. The molecule has 0 aliphatic rings. The van der Waals surface area contributed by atoms with Crippen LogP contribution in [0.15, 0.2) is 52.9 Å². The van der Waals surface area contributed by atoms with Gasteiger partial charge in [-0.25, -0.2) is 0 Å². The van der Waals surface area contributed by atoms with E-state index < -0.39 is 0 Å². The van der Waals surface area contributed by atoms with Crippen molar-refractivity contribution in [3.05, 3.63) is 70.6 Å². The van der Waals surface area contributed by atoms with Crippen LogP contribution in [0.5, 0.6) is 0 Å². The average molecular weight is 356 g/mol. The highest BCUT2D eigenvalue weighted by Crippen LogP contribution is 2.19. The molecule has 0 aliphatic heterocycles. The summed E-state index contributed by atoms with van der Waals surface area (Å²) in [5, 5.41) is 11.5. The predicted molar refractivity (Wildman–Crippen MR) is 96.1 cm³/mol. The Hall–Kier alpha value is -2.66. The standard InChI is InChI=1S/C19H18ClN3O2/c1-13-5-4-7-14(11-13)19-23-22-18(25-19)10-9-17(24)21-12-15-6-2-3-8-16(15)20/h2-8,11H,9-10,12H2,1H3,(H,21,24). The maximum absolute atomic E-state index is 12.0. The van der Waals surface area contributed by atoms with Crippen molar-refractivity contribution in [1.29, 1.82) is 0 Å². The van der Waals surface area contributed by atoms with Crippen molar-refractivity contribution in [2.75, 3.05) is 0 Å². The van der Waals surface area contributed by atoms with E-state index in [1.807, 2.05) is 49.4 Å². The lowest BCUT2D eigenvalue weighted by Crippen LogP contribution is -2.23. The molecule has 1 aromatic heterocycles. The molecule has 0 radical (unpaired) electrons. The smallest absolute Gasteiger partial charge is 0.247 e. The largest absolute Gasteiger partial charge is 0.421 e. The number of halogens is 1. The summed E-state index contributed by atoms with van der Waals surface area (Å²) in [5.41, 5.74) is 2.88. The first kappa shape index (κ1) is 17.2. The fourth-order valence-corrected chi connectivity index (χ4v) is 2.60. The lowest BCUT2D eigenvalue weighted by molar-refractivity contribution is -0.121. The van der Waals surface area contributed by atoms with E-state index >= 15 is 0 Å². The van der Waals surface area contributed by atoms with Gasteiger partial charge in [-0.15, -0.1) is 10.2 Å². The van der Waals surface area contributed by atoms with Crippen LogP contribution in [-0.4, -0.2) is 16.1 Å². The predicted octanol–water partition coefficient (Wildman–Crippen LogP) is 3.95. The number of nitrogens with zero attached hydrogens (tertiary/aromatic N) is 2. The Labute approximate surface area is 151 Å². The minimum Gasteiger partial charge on any atom is -0.421 e. The lowest BCUT2D eigenvalue weighted by Gasteiger charge is -2.06. The first-order valence-electron chi connectivity index (χ1n) is 8.01. The van der Waals surface area contributed by atoms with Gasteiger partial charge in [0.1, 0.15) is 0 Å². The van der Waals surface area contributed by atoms with Crippen LogP contribution in [0.2, 0.25) is 5.02 Å². The molecule has 1 amide bonds. The summed E-state index contributed by atoms with van der Waals surface area (Å²) < 4.78 is 5.63. The van der Waals surface area contributed by atoms with Crippen molar-refractivity contribution in [3.8, 4) is 11.5 Å². The lowest BCUT2D eigenvalue weighted by atomic mass is 10.1. The second kappa shape index (κ2) is 7.94. The van der Waals surface area contributed by atoms with E-state index in [9.17, 15) is 4.79 Å². The summed E-state index contributed by atoms with van der Waals surface area (Å²) in [6.45, 7) is 2.40. The highest BCUT2D eigenvalue weighted by molar-refractivity contribution is 6.31. The van der Waals surface area contributed by atoms with E-state index in [1.54, 1.807) is 6.07 Å². The summed E-state index contributed by atoms with van der Waals surface area (Å²) >= 11 is 6.07. The van der Waals surface area contributed by atoms with Gasteiger partial charge in [0, 0.05) is 30.0 Å².